The van der Waals surface area contributed by atoms with Gasteiger partial charge in [-0.2, -0.15) is 0 Å². The van der Waals surface area contributed by atoms with Crippen LogP contribution in [0.3, 0.4) is 0 Å². The summed E-state index contributed by atoms with van der Waals surface area (Å²) in [5.41, 5.74) is -3.33. The zero-order valence-electron chi connectivity index (χ0n) is 34.0. The van der Waals surface area contributed by atoms with E-state index in [4.69, 9.17) is 14.2 Å². The van der Waals surface area contributed by atoms with Crippen molar-refractivity contribution in [2.24, 2.45) is 56.7 Å². The predicted molar refractivity (Wildman–Crippen MR) is 204 cm³/mol. The third-order valence-electron chi connectivity index (χ3n) is 17.0. The van der Waals surface area contributed by atoms with Gasteiger partial charge in [0.1, 0.15) is 24.4 Å². The van der Waals surface area contributed by atoms with Gasteiger partial charge in [-0.15, -0.1) is 0 Å². The zero-order chi connectivity index (χ0) is 42.7. The van der Waals surface area contributed by atoms with E-state index in [0.717, 1.165) is 17.7 Å². The number of aliphatic hydroxyl groups excluding tert-OH is 7. The van der Waals surface area contributed by atoms with Crippen LogP contribution < -0.4 is 0 Å². The summed E-state index contributed by atoms with van der Waals surface area (Å²) in [6.45, 7) is 13.5. The number of fused-ring (bicyclic) bond motifs is 7. The predicted octanol–water partition coefficient (Wildman–Crippen LogP) is 2.24. The Morgan fingerprint density at radius 3 is 2.12 bits per heavy atom. The van der Waals surface area contributed by atoms with E-state index in [1.807, 2.05) is 6.92 Å². The van der Waals surface area contributed by atoms with Crippen LogP contribution in [0.15, 0.2) is 24.3 Å². The maximum absolute atomic E-state index is 14.6. The van der Waals surface area contributed by atoms with Gasteiger partial charge in [0.25, 0.3) is 0 Å². The van der Waals surface area contributed by atoms with Crippen molar-refractivity contribution in [3.8, 4) is 17.2 Å². The third kappa shape index (κ3) is 6.04. The van der Waals surface area contributed by atoms with Crippen molar-refractivity contribution in [3.63, 3.8) is 0 Å². The van der Waals surface area contributed by atoms with Gasteiger partial charge < -0.3 is 65.3 Å². The lowest BCUT2D eigenvalue weighted by molar-refractivity contribution is -0.304. The van der Waals surface area contributed by atoms with Crippen molar-refractivity contribution >= 4 is 11.9 Å². The maximum Gasteiger partial charge on any atom is 0.338 e. The average molecular weight is 819 g/mol. The smallest absolute Gasteiger partial charge is 0.338 e. The number of benzene rings is 1. The van der Waals surface area contributed by atoms with Crippen LogP contribution in [-0.4, -0.2) is 125 Å². The molecular formula is C43H62O15. The highest BCUT2D eigenvalue weighted by Crippen LogP contribution is 2.77. The van der Waals surface area contributed by atoms with Crippen LogP contribution in [0.25, 0.3) is 0 Å². The molecular weight excluding hydrogens is 756 g/mol. The summed E-state index contributed by atoms with van der Waals surface area (Å²) in [5.74, 6) is -4.73. The number of phenols is 3. The van der Waals surface area contributed by atoms with Gasteiger partial charge in [0.15, 0.2) is 17.2 Å². The van der Waals surface area contributed by atoms with E-state index in [2.05, 4.69) is 27.4 Å². The molecule has 15 nitrogen and oxygen atoms in total. The molecule has 5 aliphatic carbocycles. The quantitative estimate of drug-likeness (QED) is 0.107. The van der Waals surface area contributed by atoms with Crippen LogP contribution in [0.4, 0.5) is 0 Å². The Morgan fingerprint density at radius 2 is 1.50 bits per heavy atom. The summed E-state index contributed by atoms with van der Waals surface area (Å²) in [5, 5.41) is 107. The molecule has 15 heteroatoms. The second kappa shape index (κ2) is 14.6. The normalized spacial score (nSPS) is 48.4. The number of rotatable bonds is 7. The van der Waals surface area contributed by atoms with Crippen molar-refractivity contribution in [3.05, 3.63) is 29.8 Å². The van der Waals surface area contributed by atoms with E-state index >= 15 is 0 Å². The highest BCUT2D eigenvalue weighted by molar-refractivity contribution is 5.91. The number of phenolic OH excluding ortho intramolecular Hbond substituents is 3. The first-order valence-corrected chi connectivity index (χ1v) is 20.7. The van der Waals surface area contributed by atoms with Gasteiger partial charge in [-0.05, 0) is 110 Å². The summed E-state index contributed by atoms with van der Waals surface area (Å²) >= 11 is 0. The van der Waals surface area contributed by atoms with Crippen molar-refractivity contribution in [1.82, 2.24) is 0 Å². The molecule has 0 radical (unpaired) electrons. The fourth-order valence-corrected chi connectivity index (χ4v) is 14.2. The van der Waals surface area contributed by atoms with Crippen molar-refractivity contribution in [2.75, 3.05) is 13.2 Å². The van der Waals surface area contributed by atoms with Crippen LogP contribution in [0.1, 0.15) is 96.3 Å². The Bertz CT molecular complexity index is 1780. The number of aromatic hydroxyl groups is 3. The molecule has 1 aromatic rings. The molecule has 6 aliphatic rings. The second-order valence-electron chi connectivity index (χ2n) is 19.8. The van der Waals surface area contributed by atoms with Crippen LogP contribution in [0.2, 0.25) is 0 Å². The summed E-state index contributed by atoms with van der Waals surface area (Å²) in [6.07, 6.45) is -7.34. The largest absolute Gasteiger partial charge is 0.504 e. The first kappa shape index (κ1) is 43.1. The minimum atomic E-state index is -1.73. The molecule has 1 saturated heterocycles. The van der Waals surface area contributed by atoms with E-state index in [0.29, 0.717) is 44.9 Å². The Hall–Kier alpha value is -3.02. The SMILES string of the molecule is C=C(C)[C@@H]1CC[C@]2(C(=O)OC3O[C@H](CO)[C@@H](O)[C@H](O)[C@H]3O)CC[C@]3(C)[C@H](CC[C@@H]4[C@@]5(C)C[C@@H](O)[C@H](O)[C@@](C)(COC(=O)c6cc(O)c(O)c(O)c6)[C@@H]5[C@H](O)C[C@]43C)[C@@H]12. The first-order chi connectivity index (χ1) is 27.0. The molecule has 18 atom stereocenters. The summed E-state index contributed by atoms with van der Waals surface area (Å²) in [6, 6.07) is 1.90. The lowest BCUT2D eigenvalue weighted by Gasteiger charge is -2.73. The lowest BCUT2D eigenvalue weighted by atomic mass is 9.31. The van der Waals surface area contributed by atoms with E-state index in [1.165, 1.54) is 0 Å². The highest BCUT2D eigenvalue weighted by atomic mass is 16.7. The Labute approximate surface area is 338 Å². The molecule has 1 aliphatic heterocycles. The molecule has 1 unspecified atom stereocenters. The molecule has 7 rings (SSSR count). The number of esters is 2. The zero-order valence-corrected chi connectivity index (χ0v) is 34.0. The van der Waals surface area contributed by atoms with Gasteiger partial charge in [-0.25, -0.2) is 4.79 Å². The van der Waals surface area contributed by atoms with Crippen LogP contribution in [0, 0.1) is 56.7 Å². The lowest BCUT2D eigenvalue weighted by Crippen LogP contribution is -2.72. The molecule has 0 amide bonds. The average Bonchev–Trinajstić information content (AvgIpc) is 3.57. The molecule has 0 spiro atoms. The van der Waals surface area contributed by atoms with Gasteiger partial charge in [0, 0.05) is 11.3 Å². The van der Waals surface area contributed by atoms with Gasteiger partial charge in [-0.3, -0.25) is 4.79 Å². The highest BCUT2D eigenvalue weighted by Gasteiger charge is 2.75. The second-order valence-corrected chi connectivity index (χ2v) is 19.8. The van der Waals surface area contributed by atoms with Crippen molar-refractivity contribution < 1.29 is 74.9 Å². The minimum Gasteiger partial charge on any atom is -0.504 e. The van der Waals surface area contributed by atoms with E-state index in [1.54, 1.807) is 6.92 Å². The number of allylic oxidation sites excluding steroid dienone is 1. The topological polar surface area (TPSA) is 264 Å². The van der Waals surface area contributed by atoms with E-state index in [-0.39, 0.29) is 35.7 Å². The Balaban J connectivity index is 1.19. The van der Waals surface area contributed by atoms with Crippen LogP contribution in [-0.2, 0) is 19.0 Å². The number of hydrogen-bond acceptors (Lipinski definition) is 15. The molecule has 10 N–H and O–H groups in total. The molecule has 5 saturated carbocycles. The molecule has 1 heterocycles. The Morgan fingerprint density at radius 1 is 0.845 bits per heavy atom. The van der Waals surface area contributed by atoms with Crippen molar-refractivity contribution in [2.45, 2.75) is 135 Å². The number of ether oxygens (including phenoxy) is 3. The van der Waals surface area contributed by atoms with Crippen LogP contribution >= 0.6 is 0 Å². The Kier molecular flexibility index (Phi) is 10.8. The summed E-state index contributed by atoms with van der Waals surface area (Å²) in [4.78, 5) is 27.8. The monoisotopic (exact) mass is 818 g/mol. The summed E-state index contributed by atoms with van der Waals surface area (Å²) < 4.78 is 17.2. The molecule has 58 heavy (non-hydrogen) atoms. The number of hydrogen-bond donors (Lipinski definition) is 10. The molecule has 1 aromatic carbocycles. The summed E-state index contributed by atoms with van der Waals surface area (Å²) in [7, 11) is 0. The third-order valence-corrected chi connectivity index (χ3v) is 17.0. The van der Waals surface area contributed by atoms with Gasteiger partial charge >= 0.3 is 11.9 Å². The fourth-order valence-electron chi connectivity index (χ4n) is 14.2. The fraction of sp³-hybridized carbons (Fsp3) is 0.767. The number of aliphatic hydroxyl groups is 7. The van der Waals surface area contributed by atoms with Crippen LogP contribution in [0.5, 0.6) is 17.2 Å². The van der Waals surface area contributed by atoms with Gasteiger partial charge in [-0.1, -0.05) is 39.8 Å². The van der Waals surface area contributed by atoms with E-state index in [9.17, 15) is 60.7 Å². The first-order valence-electron chi connectivity index (χ1n) is 20.7. The maximum atomic E-state index is 14.6. The number of carbonyl (C=O) groups excluding carboxylic acids is 2. The molecule has 6 fully saturated rings. The molecule has 0 aromatic heterocycles. The van der Waals surface area contributed by atoms with Crippen molar-refractivity contribution in [1.29, 1.82) is 0 Å². The van der Waals surface area contributed by atoms with Gasteiger partial charge in [0.05, 0.1) is 42.5 Å². The molecule has 0 bridgehead atoms. The van der Waals surface area contributed by atoms with Gasteiger partial charge in [0.2, 0.25) is 6.29 Å². The number of carbonyl (C=O) groups is 2. The molecule has 324 valence electrons. The van der Waals surface area contributed by atoms with E-state index < -0.39 is 124 Å². The standard InChI is InChI=1S/C43H62O15/c1-19(2)21-9-10-43(38(55)58-37-33(52)32(51)31(50)27(17-44)57-37)12-11-41(5)22(29(21)43)7-8-28-39(3)15-26(48)35(53)40(4,34(39)25(47)16-42(28,41)6)18-56-36(54)20-13-23(45)30(49)24(46)14-20/h13-14,21-22,25-29,31-35,37,44-53H,1,7-12,15-18H2,2-6H3/t21-,22+,25+,26+,27+,28+,29+,31+,32-,33+,34+,35-,37?,39+,40-,41+,42+,43-/m0/s1. The minimum absolute atomic E-state index is 0.0361.